The van der Waals surface area contributed by atoms with E-state index in [9.17, 15) is 4.79 Å². The Morgan fingerprint density at radius 2 is 2.03 bits per heavy atom. The molecule has 1 aromatic heterocycles. The number of nitrogens with zero attached hydrogens (tertiary/aromatic N) is 5. The van der Waals surface area contributed by atoms with Crippen LogP contribution in [-0.4, -0.2) is 59.8 Å². The zero-order valence-corrected chi connectivity index (χ0v) is 17.6. The number of carbonyl (C=O) groups excluding carboxylic acids is 1. The molecule has 0 saturated carbocycles. The molecule has 1 N–H and O–H groups in total. The Labute approximate surface area is 172 Å². The van der Waals surface area contributed by atoms with E-state index in [4.69, 9.17) is 4.74 Å². The van der Waals surface area contributed by atoms with Gasteiger partial charge in [0.1, 0.15) is 12.3 Å². The molecule has 0 unspecified atom stereocenters. The van der Waals surface area contributed by atoms with Gasteiger partial charge in [0.2, 0.25) is 5.91 Å². The molecule has 0 spiro atoms. The lowest BCUT2D eigenvalue weighted by Crippen LogP contribution is -2.55. The second-order valence-corrected chi connectivity index (χ2v) is 7.59. The van der Waals surface area contributed by atoms with Crippen LogP contribution in [0.2, 0.25) is 0 Å². The molecule has 2 aromatic rings. The van der Waals surface area contributed by atoms with Gasteiger partial charge < -0.3 is 19.9 Å². The van der Waals surface area contributed by atoms with Crippen LogP contribution in [0.25, 0.3) is 0 Å². The molecule has 0 aliphatic carbocycles. The van der Waals surface area contributed by atoms with Gasteiger partial charge in [-0.05, 0) is 23.6 Å². The van der Waals surface area contributed by atoms with E-state index >= 15 is 0 Å². The summed E-state index contributed by atoms with van der Waals surface area (Å²) in [6.45, 7) is 7.21. The van der Waals surface area contributed by atoms with Crippen molar-refractivity contribution in [3.8, 4) is 5.75 Å². The van der Waals surface area contributed by atoms with Crippen LogP contribution in [0.3, 0.4) is 0 Å². The highest BCUT2D eigenvalue weighted by atomic mass is 16.5. The molecule has 0 atom stereocenters. The van der Waals surface area contributed by atoms with Crippen molar-refractivity contribution in [3.63, 3.8) is 0 Å². The molecule has 8 heteroatoms. The van der Waals surface area contributed by atoms with E-state index in [-0.39, 0.29) is 12.5 Å². The van der Waals surface area contributed by atoms with Crippen molar-refractivity contribution in [2.45, 2.75) is 20.4 Å². The van der Waals surface area contributed by atoms with Crippen molar-refractivity contribution in [1.29, 1.82) is 0 Å². The third kappa shape index (κ3) is 5.49. The van der Waals surface area contributed by atoms with Gasteiger partial charge in [-0.2, -0.15) is 5.10 Å². The lowest BCUT2D eigenvalue weighted by Gasteiger charge is -2.35. The van der Waals surface area contributed by atoms with Crippen LogP contribution < -0.4 is 15.0 Å². The average molecular weight is 399 g/mol. The Morgan fingerprint density at radius 1 is 1.28 bits per heavy atom. The van der Waals surface area contributed by atoms with E-state index in [1.807, 2.05) is 42.4 Å². The third-order valence-electron chi connectivity index (χ3n) is 4.69. The van der Waals surface area contributed by atoms with Gasteiger partial charge in [-0.1, -0.05) is 26.0 Å². The standard InChI is InChI=1S/C21H30N6O2/c1-16(2)15-29-19-7-5-17(6-8-19)11-23-21(22-3)26-9-10-27(20(28)14-26)18-12-24-25(4)13-18/h5-8,12-13,16H,9-11,14-15H2,1-4H3,(H,22,23). The molecule has 156 valence electrons. The average Bonchev–Trinajstić information content (AvgIpc) is 3.14. The summed E-state index contributed by atoms with van der Waals surface area (Å²) in [5.41, 5.74) is 1.96. The van der Waals surface area contributed by atoms with E-state index in [2.05, 4.69) is 29.3 Å². The number of carbonyl (C=O) groups is 1. The third-order valence-corrected chi connectivity index (χ3v) is 4.69. The normalized spacial score (nSPS) is 15.2. The van der Waals surface area contributed by atoms with Crippen molar-refractivity contribution in [2.75, 3.05) is 38.2 Å². The summed E-state index contributed by atoms with van der Waals surface area (Å²) >= 11 is 0. The summed E-state index contributed by atoms with van der Waals surface area (Å²) in [5, 5.41) is 7.50. The number of ether oxygens (including phenoxy) is 1. The molecule has 3 rings (SSSR count). The van der Waals surface area contributed by atoms with Gasteiger partial charge in [-0.3, -0.25) is 14.5 Å². The second-order valence-electron chi connectivity index (χ2n) is 7.59. The number of aromatic nitrogens is 2. The molecule has 0 radical (unpaired) electrons. The molecule has 1 amide bonds. The maximum Gasteiger partial charge on any atom is 0.246 e. The lowest BCUT2D eigenvalue weighted by molar-refractivity contribution is -0.120. The number of benzene rings is 1. The first kappa shape index (κ1) is 20.7. The largest absolute Gasteiger partial charge is 0.493 e. The molecule has 29 heavy (non-hydrogen) atoms. The highest BCUT2D eigenvalue weighted by molar-refractivity contribution is 5.98. The molecule has 1 aliphatic heterocycles. The highest BCUT2D eigenvalue weighted by Gasteiger charge is 2.27. The molecule has 2 heterocycles. The van der Waals surface area contributed by atoms with Crippen LogP contribution in [-0.2, 0) is 18.4 Å². The van der Waals surface area contributed by atoms with E-state index in [0.717, 1.165) is 23.0 Å². The van der Waals surface area contributed by atoms with Crippen LogP contribution in [0.5, 0.6) is 5.75 Å². The van der Waals surface area contributed by atoms with Crippen LogP contribution in [0.1, 0.15) is 19.4 Å². The minimum atomic E-state index is 0.0406. The lowest BCUT2D eigenvalue weighted by atomic mass is 10.2. The number of anilines is 1. The quantitative estimate of drug-likeness (QED) is 0.594. The van der Waals surface area contributed by atoms with Crippen molar-refractivity contribution in [2.24, 2.45) is 18.0 Å². The van der Waals surface area contributed by atoms with Gasteiger partial charge in [0.05, 0.1) is 18.5 Å². The summed E-state index contributed by atoms with van der Waals surface area (Å²) in [5.74, 6) is 2.15. The fraction of sp³-hybridized carbons (Fsp3) is 0.476. The number of piperazine rings is 1. The number of hydrogen-bond donors (Lipinski definition) is 1. The Morgan fingerprint density at radius 3 is 2.62 bits per heavy atom. The van der Waals surface area contributed by atoms with Crippen molar-refractivity contribution in [1.82, 2.24) is 20.0 Å². The molecule has 1 saturated heterocycles. The van der Waals surface area contributed by atoms with Crippen LogP contribution in [0, 0.1) is 5.92 Å². The Balaban J connectivity index is 1.52. The first-order chi connectivity index (χ1) is 14.0. The maximum atomic E-state index is 12.6. The van der Waals surface area contributed by atoms with E-state index in [0.29, 0.717) is 32.2 Å². The van der Waals surface area contributed by atoms with Gasteiger partial charge in [0.25, 0.3) is 0 Å². The number of aliphatic imine (C=N–C) groups is 1. The Hall–Kier alpha value is -3.03. The first-order valence-corrected chi connectivity index (χ1v) is 9.92. The van der Waals surface area contributed by atoms with E-state index < -0.39 is 0 Å². The molecular weight excluding hydrogens is 368 g/mol. The summed E-state index contributed by atoms with van der Waals surface area (Å²) in [4.78, 5) is 20.7. The molecule has 0 bridgehead atoms. The SMILES string of the molecule is CN=C(NCc1ccc(OCC(C)C)cc1)N1CCN(c2cnn(C)c2)C(=O)C1. The summed E-state index contributed by atoms with van der Waals surface area (Å²) in [6.07, 6.45) is 3.57. The van der Waals surface area contributed by atoms with E-state index in [1.165, 1.54) is 0 Å². The predicted molar refractivity (Wildman–Crippen MR) is 114 cm³/mol. The maximum absolute atomic E-state index is 12.6. The summed E-state index contributed by atoms with van der Waals surface area (Å²) in [7, 11) is 3.59. The number of guanidine groups is 1. The molecule has 8 nitrogen and oxygen atoms in total. The smallest absolute Gasteiger partial charge is 0.246 e. The van der Waals surface area contributed by atoms with Gasteiger partial charge in [-0.15, -0.1) is 0 Å². The molecule has 1 aromatic carbocycles. The van der Waals surface area contributed by atoms with Gasteiger partial charge in [0.15, 0.2) is 5.96 Å². The zero-order valence-electron chi connectivity index (χ0n) is 17.6. The van der Waals surface area contributed by atoms with Gasteiger partial charge in [-0.25, -0.2) is 0 Å². The Bertz CT molecular complexity index is 843. The minimum absolute atomic E-state index is 0.0406. The Kier molecular flexibility index (Phi) is 6.74. The molecular formula is C21H30N6O2. The van der Waals surface area contributed by atoms with Gasteiger partial charge in [0, 0.05) is 39.9 Å². The number of rotatable bonds is 6. The number of aryl methyl sites for hydroxylation is 1. The van der Waals surface area contributed by atoms with Crippen LogP contribution in [0.15, 0.2) is 41.7 Å². The predicted octanol–water partition coefficient (Wildman–Crippen LogP) is 1.88. The van der Waals surface area contributed by atoms with Crippen molar-refractivity contribution in [3.05, 3.63) is 42.2 Å². The zero-order chi connectivity index (χ0) is 20.8. The topological polar surface area (TPSA) is 75.0 Å². The highest BCUT2D eigenvalue weighted by Crippen LogP contribution is 2.16. The fourth-order valence-electron chi connectivity index (χ4n) is 3.15. The first-order valence-electron chi connectivity index (χ1n) is 9.92. The molecule has 1 aliphatic rings. The van der Waals surface area contributed by atoms with E-state index in [1.54, 1.807) is 22.8 Å². The number of hydrogen-bond acceptors (Lipinski definition) is 4. The summed E-state index contributed by atoms with van der Waals surface area (Å²) < 4.78 is 7.43. The van der Waals surface area contributed by atoms with Crippen molar-refractivity contribution < 1.29 is 9.53 Å². The number of nitrogens with one attached hydrogen (secondary N) is 1. The van der Waals surface area contributed by atoms with Crippen LogP contribution in [0.4, 0.5) is 5.69 Å². The van der Waals surface area contributed by atoms with Gasteiger partial charge >= 0.3 is 0 Å². The monoisotopic (exact) mass is 398 g/mol. The minimum Gasteiger partial charge on any atom is -0.493 e. The fourth-order valence-corrected chi connectivity index (χ4v) is 3.15. The molecule has 1 fully saturated rings. The van der Waals surface area contributed by atoms with Crippen molar-refractivity contribution >= 4 is 17.6 Å². The van der Waals surface area contributed by atoms with Crippen LogP contribution >= 0.6 is 0 Å². The summed E-state index contributed by atoms with van der Waals surface area (Å²) in [6, 6.07) is 8.06. The second kappa shape index (κ2) is 9.45. The number of amides is 1.